The highest BCUT2D eigenvalue weighted by Crippen LogP contribution is 2.28. The van der Waals surface area contributed by atoms with Crippen LogP contribution in [-0.2, 0) is 9.59 Å². The van der Waals surface area contributed by atoms with Crippen molar-refractivity contribution in [3.8, 4) is 0 Å². The second-order valence-electron chi connectivity index (χ2n) is 5.75. The number of hydrogen-bond acceptors (Lipinski definition) is 4. The van der Waals surface area contributed by atoms with Crippen molar-refractivity contribution in [3.63, 3.8) is 0 Å². The van der Waals surface area contributed by atoms with Crippen molar-refractivity contribution in [2.24, 2.45) is 5.92 Å². The predicted octanol–water partition coefficient (Wildman–Crippen LogP) is 2.20. The molecule has 0 saturated carbocycles. The maximum atomic E-state index is 14.5. The smallest absolute Gasteiger partial charge is 0.234 e. The van der Waals surface area contributed by atoms with Crippen molar-refractivity contribution in [1.82, 2.24) is 15.5 Å². The summed E-state index contributed by atoms with van der Waals surface area (Å²) in [5.74, 6) is -0.955. The Kier molecular flexibility index (Phi) is 9.60. The molecule has 2 fully saturated rings. The first-order valence-corrected chi connectivity index (χ1v) is 9.47. The summed E-state index contributed by atoms with van der Waals surface area (Å²) < 4.78 is 14.5. The highest BCUT2D eigenvalue weighted by molar-refractivity contribution is 6.00. The minimum Gasteiger partial charge on any atom is -0.314 e. The monoisotopic (exact) mass is 353 g/mol. The van der Waals surface area contributed by atoms with Crippen LogP contribution in [0.5, 0.6) is 0 Å². The molecule has 0 aromatic heterocycles. The SMILES string of the molecule is CC.CC.O=C1CCC(C2=CC(F)C(N3CCNCC3)C=C2)C(=O)N1. The van der Waals surface area contributed by atoms with E-state index in [2.05, 4.69) is 15.5 Å². The van der Waals surface area contributed by atoms with Gasteiger partial charge < -0.3 is 5.32 Å². The van der Waals surface area contributed by atoms with Crippen LogP contribution in [0.3, 0.4) is 0 Å². The zero-order chi connectivity index (χ0) is 18.8. The van der Waals surface area contributed by atoms with Gasteiger partial charge in [-0.1, -0.05) is 39.8 Å². The molecule has 142 valence electrons. The van der Waals surface area contributed by atoms with E-state index in [1.165, 1.54) is 0 Å². The molecule has 3 atom stereocenters. The van der Waals surface area contributed by atoms with Crippen LogP contribution in [0, 0.1) is 5.92 Å². The van der Waals surface area contributed by atoms with Crippen LogP contribution in [0.4, 0.5) is 4.39 Å². The van der Waals surface area contributed by atoms with Crippen molar-refractivity contribution < 1.29 is 14.0 Å². The molecular weight excluding hydrogens is 321 g/mol. The summed E-state index contributed by atoms with van der Waals surface area (Å²) in [7, 11) is 0. The number of piperazine rings is 1. The average Bonchev–Trinajstić information content (AvgIpc) is 2.66. The van der Waals surface area contributed by atoms with E-state index in [0.29, 0.717) is 18.4 Å². The van der Waals surface area contributed by atoms with Gasteiger partial charge in [-0.2, -0.15) is 0 Å². The zero-order valence-corrected chi connectivity index (χ0v) is 15.8. The van der Waals surface area contributed by atoms with Crippen LogP contribution in [0.1, 0.15) is 40.5 Å². The fourth-order valence-electron chi connectivity index (χ4n) is 3.20. The maximum absolute atomic E-state index is 14.5. The molecule has 3 rings (SSSR count). The Hall–Kier alpha value is -1.53. The van der Waals surface area contributed by atoms with Crippen LogP contribution >= 0.6 is 0 Å². The number of amides is 2. The van der Waals surface area contributed by atoms with Gasteiger partial charge in [0.15, 0.2) is 0 Å². The number of halogens is 1. The Morgan fingerprint density at radius 1 is 1.12 bits per heavy atom. The Bertz CT molecular complexity index is 499. The number of imide groups is 1. The molecule has 2 amide bonds. The van der Waals surface area contributed by atoms with Gasteiger partial charge in [0, 0.05) is 32.6 Å². The Morgan fingerprint density at radius 2 is 1.76 bits per heavy atom. The Balaban J connectivity index is 0.000000730. The number of nitrogens with one attached hydrogen (secondary N) is 2. The minimum absolute atomic E-state index is 0.243. The summed E-state index contributed by atoms with van der Waals surface area (Å²) in [5.41, 5.74) is 0.693. The molecule has 3 aliphatic rings. The second-order valence-corrected chi connectivity index (χ2v) is 5.75. The van der Waals surface area contributed by atoms with Crippen LogP contribution in [0.2, 0.25) is 0 Å². The molecule has 25 heavy (non-hydrogen) atoms. The lowest BCUT2D eigenvalue weighted by Crippen LogP contribution is -2.51. The molecule has 2 N–H and O–H groups in total. The van der Waals surface area contributed by atoms with Gasteiger partial charge >= 0.3 is 0 Å². The van der Waals surface area contributed by atoms with Crippen LogP contribution < -0.4 is 10.6 Å². The lowest BCUT2D eigenvalue weighted by atomic mass is 9.85. The van der Waals surface area contributed by atoms with Crippen LogP contribution in [0.15, 0.2) is 23.8 Å². The number of hydrogen-bond donors (Lipinski definition) is 2. The third-order valence-electron chi connectivity index (χ3n) is 4.38. The van der Waals surface area contributed by atoms with Gasteiger partial charge in [-0.3, -0.25) is 19.8 Å². The highest BCUT2D eigenvalue weighted by Gasteiger charge is 2.33. The molecule has 3 unspecified atom stereocenters. The zero-order valence-electron chi connectivity index (χ0n) is 15.8. The fourth-order valence-corrected chi connectivity index (χ4v) is 3.20. The van der Waals surface area contributed by atoms with E-state index in [-0.39, 0.29) is 17.9 Å². The Morgan fingerprint density at radius 3 is 2.32 bits per heavy atom. The maximum Gasteiger partial charge on any atom is 0.234 e. The fraction of sp³-hybridized carbons (Fsp3) is 0.684. The molecule has 2 aliphatic heterocycles. The number of allylic oxidation sites excluding steroid dienone is 1. The topological polar surface area (TPSA) is 61.4 Å². The number of nitrogens with zero attached hydrogens (tertiary/aromatic N) is 1. The second kappa shape index (κ2) is 11.2. The average molecular weight is 353 g/mol. The first kappa shape index (κ1) is 21.5. The van der Waals surface area contributed by atoms with Gasteiger partial charge in [-0.15, -0.1) is 0 Å². The van der Waals surface area contributed by atoms with Crippen molar-refractivity contribution >= 4 is 11.8 Å². The van der Waals surface area contributed by atoms with Crippen LogP contribution in [0.25, 0.3) is 0 Å². The lowest BCUT2D eigenvalue weighted by molar-refractivity contribution is -0.135. The molecule has 5 nitrogen and oxygen atoms in total. The number of rotatable bonds is 2. The van der Waals surface area contributed by atoms with Crippen molar-refractivity contribution in [3.05, 3.63) is 23.8 Å². The van der Waals surface area contributed by atoms with Gasteiger partial charge in [0.2, 0.25) is 11.8 Å². The van der Waals surface area contributed by atoms with Crippen LogP contribution in [-0.4, -0.2) is 55.1 Å². The first-order chi connectivity index (χ1) is 12.1. The van der Waals surface area contributed by atoms with E-state index in [0.717, 1.165) is 26.2 Å². The third-order valence-corrected chi connectivity index (χ3v) is 4.38. The minimum atomic E-state index is -1.10. The molecule has 0 aromatic rings. The number of piperidine rings is 1. The molecule has 0 radical (unpaired) electrons. The molecule has 0 aromatic carbocycles. The lowest BCUT2D eigenvalue weighted by Gasteiger charge is -2.36. The van der Waals surface area contributed by atoms with Gasteiger partial charge in [-0.25, -0.2) is 4.39 Å². The number of carbonyl (C=O) groups excluding carboxylic acids is 2. The van der Waals surface area contributed by atoms with E-state index in [4.69, 9.17) is 0 Å². The Labute approximate surface area is 150 Å². The van der Waals surface area contributed by atoms with E-state index in [1.807, 2.05) is 39.8 Å². The van der Waals surface area contributed by atoms with Crippen molar-refractivity contribution in [1.29, 1.82) is 0 Å². The standard InChI is InChI=1S/C15H20FN3O2.2C2H6/c16-12-9-10(11-2-4-14(20)18-15(11)21)1-3-13(12)19-7-5-17-6-8-19;2*1-2/h1,3,9,11-13,17H,2,4-8H2,(H,18,20,21);2*1-2H3. The highest BCUT2D eigenvalue weighted by atomic mass is 19.1. The van der Waals surface area contributed by atoms with Gasteiger partial charge in [0.05, 0.1) is 12.0 Å². The molecule has 2 saturated heterocycles. The summed E-state index contributed by atoms with van der Waals surface area (Å²) in [4.78, 5) is 25.1. The van der Waals surface area contributed by atoms with E-state index in [9.17, 15) is 14.0 Å². The number of alkyl halides is 1. The summed E-state index contributed by atoms with van der Waals surface area (Å²) in [5, 5.41) is 5.57. The third kappa shape index (κ3) is 5.75. The largest absolute Gasteiger partial charge is 0.314 e. The van der Waals surface area contributed by atoms with Crippen molar-refractivity contribution in [2.45, 2.75) is 52.8 Å². The summed E-state index contributed by atoms with van der Waals surface area (Å²) in [6.07, 6.45) is 4.93. The van der Waals surface area contributed by atoms with E-state index < -0.39 is 12.1 Å². The first-order valence-electron chi connectivity index (χ1n) is 9.47. The van der Waals surface area contributed by atoms with E-state index >= 15 is 0 Å². The van der Waals surface area contributed by atoms with E-state index in [1.54, 1.807) is 6.08 Å². The molecule has 0 spiro atoms. The molecule has 1 aliphatic carbocycles. The number of carbonyl (C=O) groups is 2. The molecule has 0 bridgehead atoms. The van der Waals surface area contributed by atoms with Crippen molar-refractivity contribution in [2.75, 3.05) is 26.2 Å². The summed E-state index contributed by atoms with van der Waals surface area (Å²) >= 11 is 0. The van der Waals surface area contributed by atoms with Gasteiger partial charge in [-0.05, 0) is 18.1 Å². The normalized spacial score (nSPS) is 29.5. The molecular formula is C19H32FN3O2. The summed E-state index contributed by atoms with van der Waals surface area (Å²) in [6.45, 7) is 11.4. The van der Waals surface area contributed by atoms with Gasteiger partial charge in [0.1, 0.15) is 6.17 Å². The molecule has 2 heterocycles. The quantitative estimate of drug-likeness (QED) is 0.747. The van der Waals surface area contributed by atoms with Gasteiger partial charge in [0.25, 0.3) is 0 Å². The summed E-state index contributed by atoms with van der Waals surface area (Å²) in [6, 6.07) is -0.246. The molecule has 6 heteroatoms. The predicted molar refractivity (Wildman–Crippen MR) is 98.9 cm³/mol.